The summed E-state index contributed by atoms with van der Waals surface area (Å²) in [4.78, 5) is 23.6. The predicted molar refractivity (Wildman–Crippen MR) is 91.8 cm³/mol. The van der Waals surface area contributed by atoms with E-state index in [4.69, 9.17) is 23.7 Å². The Morgan fingerprint density at radius 1 is 1.08 bits per heavy atom. The highest BCUT2D eigenvalue weighted by molar-refractivity contribution is 5.86. The maximum Gasteiger partial charge on any atom is 0.373 e. The van der Waals surface area contributed by atoms with Gasteiger partial charge in [0, 0.05) is 13.5 Å². The molecular formula is C19H24O7. The first-order valence-corrected chi connectivity index (χ1v) is 8.55. The van der Waals surface area contributed by atoms with Gasteiger partial charge in [-0.1, -0.05) is 30.3 Å². The van der Waals surface area contributed by atoms with Crippen LogP contribution in [-0.4, -0.2) is 43.7 Å². The van der Waals surface area contributed by atoms with E-state index in [9.17, 15) is 9.59 Å². The SMILES string of the molecule is CCOC(=O)C1=C[C@H](OCc2ccccc2)[C@H](OC(C)=O)[C@H](OCC)O1. The van der Waals surface area contributed by atoms with Crippen molar-refractivity contribution in [3.8, 4) is 0 Å². The molecule has 0 unspecified atom stereocenters. The second-order valence-electron chi connectivity index (χ2n) is 5.53. The second kappa shape index (κ2) is 9.94. The number of benzene rings is 1. The van der Waals surface area contributed by atoms with Crippen LogP contribution in [0.5, 0.6) is 0 Å². The van der Waals surface area contributed by atoms with Crippen molar-refractivity contribution in [2.24, 2.45) is 0 Å². The maximum absolute atomic E-state index is 12.1. The Morgan fingerprint density at radius 3 is 2.42 bits per heavy atom. The van der Waals surface area contributed by atoms with Gasteiger partial charge in [-0.2, -0.15) is 0 Å². The summed E-state index contributed by atoms with van der Waals surface area (Å²) in [6.07, 6.45) is -1.06. The largest absolute Gasteiger partial charge is 0.460 e. The van der Waals surface area contributed by atoms with Gasteiger partial charge in [0.1, 0.15) is 6.10 Å². The van der Waals surface area contributed by atoms with Crippen molar-refractivity contribution in [3.63, 3.8) is 0 Å². The van der Waals surface area contributed by atoms with Gasteiger partial charge in [-0.3, -0.25) is 4.79 Å². The third kappa shape index (κ3) is 5.57. The third-order valence-electron chi connectivity index (χ3n) is 3.55. The van der Waals surface area contributed by atoms with Crippen molar-refractivity contribution >= 4 is 11.9 Å². The predicted octanol–water partition coefficient (Wildman–Crippen LogP) is 2.34. The van der Waals surface area contributed by atoms with Crippen LogP contribution in [0.1, 0.15) is 26.3 Å². The summed E-state index contributed by atoms with van der Waals surface area (Å²) in [7, 11) is 0. The first-order chi connectivity index (χ1) is 12.5. The molecule has 0 radical (unpaired) electrons. The summed E-state index contributed by atoms with van der Waals surface area (Å²) in [5, 5.41) is 0. The summed E-state index contributed by atoms with van der Waals surface area (Å²) in [6, 6.07) is 9.53. The van der Waals surface area contributed by atoms with Crippen LogP contribution in [0.25, 0.3) is 0 Å². The molecule has 7 heteroatoms. The van der Waals surface area contributed by atoms with Crippen LogP contribution in [0.4, 0.5) is 0 Å². The molecule has 142 valence electrons. The van der Waals surface area contributed by atoms with Gasteiger partial charge >= 0.3 is 11.9 Å². The normalized spacial score (nSPS) is 22.1. The van der Waals surface area contributed by atoms with Crippen LogP contribution >= 0.6 is 0 Å². The molecule has 0 spiro atoms. The summed E-state index contributed by atoms with van der Waals surface area (Å²) in [5.74, 6) is -1.14. The van der Waals surface area contributed by atoms with Gasteiger partial charge in [0.2, 0.25) is 12.0 Å². The summed E-state index contributed by atoms with van der Waals surface area (Å²) < 4.78 is 27.3. The summed E-state index contributed by atoms with van der Waals surface area (Å²) in [5.41, 5.74) is 0.944. The first kappa shape index (κ1) is 19.9. The van der Waals surface area contributed by atoms with E-state index in [1.165, 1.54) is 13.0 Å². The molecular weight excluding hydrogens is 340 g/mol. The molecule has 7 nitrogen and oxygen atoms in total. The smallest absolute Gasteiger partial charge is 0.373 e. The Bertz CT molecular complexity index is 626. The molecule has 1 aliphatic rings. The minimum Gasteiger partial charge on any atom is -0.460 e. The van der Waals surface area contributed by atoms with Crippen LogP contribution < -0.4 is 0 Å². The van der Waals surface area contributed by atoms with Crippen molar-refractivity contribution in [2.45, 2.75) is 45.9 Å². The first-order valence-electron chi connectivity index (χ1n) is 8.55. The Labute approximate surface area is 152 Å². The van der Waals surface area contributed by atoms with Crippen molar-refractivity contribution in [3.05, 3.63) is 47.7 Å². The van der Waals surface area contributed by atoms with Gasteiger partial charge in [-0.25, -0.2) is 4.79 Å². The number of rotatable bonds is 8. The molecule has 1 heterocycles. The topological polar surface area (TPSA) is 80.3 Å². The summed E-state index contributed by atoms with van der Waals surface area (Å²) >= 11 is 0. The molecule has 0 amide bonds. The number of carbonyl (C=O) groups is 2. The lowest BCUT2D eigenvalue weighted by Gasteiger charge is -2.35. The molecule has 1 aromatic carbocycles. The van der Waals surface area contributed by atoms with Crippen LogP contribution in [0.3, 0.4) is 0 Å². The Hall–Kier alpha value is -2.38. The number of hydrogen-bond donors (Lipinski definition) is 0. The molecule has 0 aliphatic carbocycles. The quantitative estimate of drug-likeness (QED) is 0.655. The van der Waals surface area contributed by atoms with Gasteiger partial charge in [-0.15, -0.1) is 0 Å². The minimum atomic E-state index is -0.964. The van der Waals surface area contributed by atoms with Gasteiger partial charge in [0.25, 0.3) is 0 Å². The molecule has 2 rings (SSSR count). The molecule has 0 saturated carbocycles. The van der Waals surface area contributed by atoms with E-state index in [1.54, 1.807) is 13.8 Å². The Kier molecular flexibility index (Phi) is 7.62. The maximum atomic E-state index is 12.1. The highest BCUT2D eigenvalue weighted by Crippen LogP contribution is 2.26. The molecule has 0 fully saturated rings. The van der Waals surface area contributed by atoms with Crippen molar-refractivity contribution in [1.82, 2.24) is 0 Å². The Morgan fingerprint density at radius 2 is 1.81 bits per heavy atom. The lowest BCUT2D eigenvalue weighted by Crippen LogP contribution is -2.48. The number of ether oxygens (including phenoxy) is 5. The lowest BCUT2D eigenvalue weighted by molar-refractivity contribution is -0.226. The lowest BCUT2D eigenvalue weighted by atomic mass is 10.1. The molecule has 1 aromatic rings. The van der Waals surface area contributed by atoms with Crippen molar-refractivity contribution in [1.29, 1.82) is 0 Å². The van der Waals surface area contributed by atoms with E-state index in [0.717, 1.165) is 5.56 Å². The summed E-state index contributed by atoms with van der Waals surface area (Å²) in [6.45, 7) is 5.56. The van der Waals surface area contributed by atoms with Crippen LogP contribution in [0.2, 0.25) is 0 Å². The molecule has 0 saturated heterocycles. The molecule has 0 aromatic heterocycles. The molecule has 1 aliphatic heterocycles. The van der Waals surface area contributed by atoms with Gasteiger partial charge in [-0.05, 0) is 25.5 Å². The van der Waals surface area contributed by atoms with Crippen molar-refractivity contribution in [2.75, 3.05) is 13.2 Å². The highest BCUT2D eigenvalue weighted by atomic mass is 16.7. The fourth-order valence-corrected chi connectivity index (χ4v) is 2.47. The minimum absolute atomic E-state index is 0.0215. The number of hydrogen-bond acceptors (Lipinski definition) is 7. The Balaban J connectivity index is 2.22. The van der Waals surface area contributed by atoms with Crippen LogP contribution in [0.15, 0.2) is 42.2 Å². The fourth-order valence-electron chi connectivity index (χ4n) is 2.47. The van der Waals surface area contributed by atoms with E-state index in [2.05, 4.69) is 0 Å². The van der Waals surface area contributed by atoms with Gasteiger partial charge in [0.15, 0.2) is 6.10 Å². The molecule has 3 atom stereocenters. The average molecular weight is 364 g/mol. The zero-order chi connectivity index (χ0) is 18.9. The third-order valence-corrected chi connectivity index (χ3v) is 3.55. The standard InChI is InChI=1S/C19H24O7/c1-4-22-18(21)16-11-15(24-12-14-9-7-6-8-10-14)17(25-13(3)20)19(26-16)23-5-2/h6-11,15,17,19H,4-5,12H2,1-3H3/t15-,17-,19+/m0/s1. The fraction of sp³-hybridized carbons (Fsp3) is 0.474. The zero-order valence-corrected chi connectivity index (χ0v) is 15.2. The van der Waals surface area contributed by atoms with E-state index >= 15 is 0 Å². The van der Waals surface area contributed by atoms with E-state index in [-0.39, 0.29) is 19.0 Å². The van der Waals surface area contributed by atoms with E-state index < -0.39 is 30.4 Å². The van der Waals surface area contributed by atoms with Crippen LogP contribution in [0, 0.1) is 0 Å². The average Bonchev–Trinajstić information content (AvgIpc) is 2.62. The molecule has 0 N–H and O–H groups in total. The van der Waals surface area contributed by atoms with Crippen molar-refractivity contribution < 1.29 is 33.3 Å². The number of esters is 2. The number of carbonyl (C=O) groups excluding carboxylic acids is 2. The molecule has 0 bridgehead atoms. The monoisotopic (exact) mass is 364 g/mol. The zero-order valence-electron chi connectivity index (χ0n) is 15.2. The second-order valence-corrected chi connectivity index (χ2v) is 5.53. The highest BCUT2D eigenvalue weighted by Gasteiger charge is 2.41. The van der Waals surface area contributed by atoms with Gasteiger partial charge < -0.3 is 23.7 Å². The van der Waals surface area contributed by atoms with Crippen LogP contribution in [-0.2, 0) is 39.9 Å². The van der Waals surface area contributed by atoms with E-state index in [0.29, 0.717) is 6.61 Å². The van der Waals surface area contributed by atoms with Gasteiger partial charge in [0.05, 0.1) is 13.2 Å². The molecule has 26 heavy (non-hydrogen) atoms. The van der Waals surface area contributed by atoms with E-state index in [1.807, 2.05) is 30.3 Å².